The van der Waals surface area contributed by atoms with Crippen LogP contribution < -0.4 is 10.9 Å². The summed E-state index contributed by atoms with van der Waals surface area (Å²) < 4.78 is 3.63. The number of H-pyrrole nitrogens is 1. The molecule has 0 spiro atoms. The second kappa shape index (κ2) is 7.12. The van der Waals surface area contributed by atoms with E-state index in [0.29, 0.717) is 21.8 Å². The normalized spacial score (nSPS) is 10.8. The Morgan fingerprint density at radius 2 is 1.75 bits per heavy atom. The molecule has 2 amide bonds. The number of carbonyl (C=O) groups is 2. The second-order valence-corrected chi connectivity index (χ2v) is 6.42. The molecule has 0 radical (unpaired) electrons. The van der Waals surface area contributed by atoms with Gasteiger partial charge < -0.3 is 4.98 Å². The molecule has 1 aromatic carbocycles. The number of nitrogens with one attached hydrogen (secondary N) is 3. The average molecular weight is 392 g/mol. The third-order valence-electron chi connectivity index (χ3n) is 4.23. The second-order valence-electron chi connectivity index (χ2n) is 6.03. The van der Waals surface area contributed by atoms with Gasteiger partial charge in [0.1, 0.15) is 17.0 Å². The number of hydrogen-bond donors (Lipinski definition) is 3. The van der Waals surface area contributed by atoms with Crippen molar-refractivity contribution >= 4 is 29.7 Å². The third-order valence-corrected chi connectivity index (χ3v) is 4.53. The Morgan fingerprint density at radius 1 is 1.04 bits per heavy atom. The predicted molar refractivity (Wildman–Crippen MR) is 106 cm³/mol. The fourth-order valence-electron chi connectivity index (χ4n) is 2.99. The number of fused-ring (bicyclic) bond motifs is 1. The summed E-state index contributed by atoms with van der Waals surface area (Å²) in [6.07, 6.45) is 3.24. The minimum absolute atomic E-state index is 0.270. The minimum Gasteiger partial charge on any atom is -0.336 e. The summed E-state index contributed by atoms with van der Waals surface area (Å²) in [6.45, 7) is 1.74. The Hall–Kier alpha value is -3.72. The number of imidazole rings is 2. The van der Waals surface area contributed by atoms with E-state index in [2.05, 4.69) is 20.8 Å². The number of aryl methyl sites for hydroxylation is 1. The molecule has 8 nitrogen and oxygen atoms in total. The first-order valence-corrected chi connectivity index (χ1v) is 8.87. The number of amides is 2. The maximum atomic E-state index is 12.6. The van der Waals surface area contributed by atoms with Gasteiger partial charge in [-0.2, -0.15) is 0 Å². The number of pyridine rings is 1. The van der Waals surface area contributed by atoms with E-state index in [1.165, 1.54) is 6.20 Å². The molecule has 0 bridgehead atoms. The molecular formula is C19H16N6O2S. The quantitative estimate of drug-likeness (QED) is 0.369. The minimum atomic E-state index is -0.504. The number of hydrogen-bond acceptors (Lipinski definition) is 4. The van der Waals surface area contributed by atoms with Crippen LogP contribution in [-0.2, 0) is 0 Å². The first-order valence-electron chi connectivity index (χ1n) is 8.46. The van der Waals surface area contributed by atoms with E-state index in [4.69, 9.17) is 12.2 Å². The molecule has 3 heterocycles. The van der Waals surface area contributed by atoms with E-state index in [0.717, 1.165) is 5.69 Å². The summed E-state index contributed by atoms with van der Waals surface area (Å²) >= 11 is 5.27. The van der Waals surface area contributed by atoms with Gasteiger partial charge in [-0.1, -0.05) is 24.3 Å². The molecule has 9 heteroatoms. The van der Waals surface area contributed by atoms with Crippen molar-refractivity contribution in [2.75, 3.05) is 0 Å². The van der Waals surface area contributed by atoms with E-state index >= 15 is 0 Å². The zero-order valence-electron chi connectivity index (χ0n) is 14.8. The first kappa shape index (κ1) is 17.7. The fourth-order valence-corrected chi connectivity index (χ4v) is 3.26. The Kier molecular flexibility index (Phi) is 4.50. The van der Waals surface area contributed by atoms with Crippen LogP contribution in [0.3, 0.4) is 0 Å². The molecule has 0 aliphatic carbocycles. The zero-order chi connectivity index (χ0) is 19.7. The highest BCUT2D eigenvalue weighted by molar-refractivity contribution is 7.71. The van der Waals surface area contributed by atoms with Crippen LogP contribution in [0.15, 0.2) is 60.9 Å². The summed E-state index contributed by atoms with van der Waals surface area (Å²) in [7, 11) is 0. The third kappa shape index (κ3) is 3.08. The van der Waals surface area contributed by atoms with Gasteiger partial charge in [-0.05, 0) is 43.4 Å². The number of nitrogens with zero attached hydrogens (tertiary/aromatic N) is 3. The maximum absolute atomic E-state index is 12.6. The molecule has 0 saturated carbocycles. The van der Waals surface area contributed by atoms with Gasteiger partial charge in [-0.15, -0.1) is 0 Å². The van der Waals surface area contributed by atoms with E-state index < -0.39 is 11.8 Å². The van der Waals surface area contributed by atoms with Crippen molar-refractivity contribution in [1.82, 2.24) is 29.8 Å². The lowest BCUT2D eigenvalue weighted by atomic mass is 10.3. The van der Waals surface area contributed by atoms with Gasteiger partial charge >= 0.3 is 0 Å². The van der Waals surface area contributed by atoms with Crippen molar-refractivity contribution in [3.63, 3.8) is 0 Å². The smallest absolute Gasteiger partial charge is 0.288 e. The van der Waals surface area contributed by atoms with E-state index in [-0.39, 0.29) is 5.69 Å². The van der Waals surface area contributed by atoms with Crippen LogP contribution in [-0.4, -0.2) is 30.8 Å². The Labute approximate surface area is 164 Å². The summed E-state index contributed by atoms with van der Waals surface area (Å²) in [4.78, 5) is 32.5. The predicted octanol–water partition coefficient (Wildman–Crippen LogP) is 2.57. The van der Waals surface area contributed by atoms with Crippen LogP contribution in [0.4, 0.5) is 0 Å². The van der Waals surface area contributed by atoms with Gasteiger partial charge in [0.2, 0.25) is 0 Å². The largest absolute Gasteiger partial charge is 0.336 e. The molecule has 0 fully saturated rings. The van der Waals surface area contributed by atoms with E-state index in [1.807, 2.05) is 36.4 Å². The van der Waals surface area contributed by atoms with Crippen molar-refractivity contribution < 1.29 is 9.59 Å². The number of para-hydroxylation sites is 1. The van der Waals surface area contributed by atoms with Gasteiger partial charge in [-0.25, -0.2) is 4.98 Å². The zero-order valence-corrected chi connectivity index (χ0v) is 15.7. The van der Waals surface area contributed by atoms with Crippen molar-refractivity contribution in [3.05, 3.63) is 82.8 Å². The summed E-state index contributed by atoms with van der Waals surface area (Å²) in [6, 6.07) is 14.7. The molecule has 0 aliphatic rings. The summed E-state index contributed by atoms with van der Waals surface area (Å²) in [5.74, 6) is -0.971. The van der Waals surface area contributed by atoms with Crippen LogP contribution in [0.25, 0.3) is 11.3 Å². The number of hydrazine groups is 1. The van der Waals surface area contributed by atoms with Gasteiger partial charge in [0.05, 0.1) is 5.69 Å². The summed E-state index contributed by atoms with van der Waals surface area (Å²) in [5.41, 5.74) is 7.45. The van der Waals surface area contributed by atoms with E-state index in [9.17, 15) is 9.59 Å². The van der Waals surface area contributed by atoms with Crippen LogP contribution in [0.5, 0.6) is 0 Å². The highest BCUT2D eigenvalue weighted by atomic mass is 32.1. The van der Waals surface area contributed by atoms with Crippen molar-refractivity contribution in [3.8, 4) is 5.69 Å². The van der Waals surface area contributed by atoms with Gasteiger partial charge in [0, 0.05) is 18.1 Å². The lowest BCUT2D eigenvalue weighted by Crippen LogP contribution is -2.42. The van der Waals surface area contributed by atoms with Crippen molar-refractivity contribution in [1.29, 1.82) is 0 Å². The molecule has 0 atom stereocenters. The number of aromatic nitrogens is 4. The number of rotatable bonds is 3. The van der Waals surface area contributed by atoms with Crippen molar-refractivity contribution in [2.45, 2.75) is 6.92 Å². The molecule has 0 saturated heterocycles. The van der Waals surface area contributed by atoms with Crippen LogP contribution in [0, 0.1) is 11.7 Å². The van der Waals surface area contributed by atoms with Gasteiger partial charge in [0.15, 0.2) is 4.77 Å². The molecule has 3 aromatic heterocycles. The van der Waals surface area contributed by atoms with Crippen LogP contribution >= 0.6 is 12.2 Å². The molecule has 0 aliphatic heterocycles. The lowest BCUT2D eigenvalue weighted by Gasteiger charge is -2.10. The molecule has 140 valence electrons. The average Bonchev–Trinajstić information content (AvgIpc) is 3.25. The Morgan fingerprint density at radius 3 is 2.54 bits per heavy atom. The molecule has 28 heavy (non-hydrogen) atoms. The Bertz CT molecular complexity index is 1240. The van der Waals surface area contributed by atoms with Crippen molar-refractivity contribution in [2.24, 2.45) is 0 Å². The summed E-state index contributed by atoms with van der Waals surface area (Å²) in [5, 5.41) is 0. The molecule has 4 aromatic rings. The highest BCUT2D eigenvalue weighted by Gasteiger charge is 2.19. The maximum Gasteiger partial charge on any atom is 0.288 e. The standard InChI is InChI=1S/C19H16N6O2S/c1-12-16(24-10-6-5-9-15(24)21-12)18(27)23-22-17(26)14-11-20-19(28)25(14)13-7-3-2-4-8-13/h2-11H,1H3,(H,20,28)(H,22,26)(H,23,27). The molecular weight excluding hydrogens is 376 g/mol. The molecule has 0 unspecified atom stereocenters. The topological polar surface area (TPSA) is 96.2 Å². The highest BCUT2D eigenvalue weighted by Crippen LogP contribution is 2.13. The molecule has 4 rings (SSSR count). The molecule has 3 N–H and O–H groups in total. The van der Waals surface area contributed by atoms with Gasteiger partial charge in [0.25, 0.3) is 11.8 Å². The SMILES string of the molecule is Cc1nc2ccccn2c1C(=O)NNC(=O)c1c[nH]c(=S)n1-c1ccccc1. The first-order chi connectivity index (χ1) is 13.6. The van der Waals surface area contributed by atoms with E-state index in [1.54, 1.807) is 34.2 Å². The Balaban J connectivity index is 1.56. The number of carbonyl (C=O) groups excluding carboxylic acids is 2. The van der Waals surface area contributed by atoms with Gasteiger partial charge in [-0.3, -0.25) is 29.4 Å². The van der Waals surface area contributed by atoms with Crippen LogP contribution in [0.1, 0.15) is 26.7 Å². The number of benzene rings is 1. The van der Waals surface area contributed by atoms with Crippen LogP contribution in [0.2, 0.25) is 0 Å². The monoisotopic (exact) mass is 392 g/mol. The lowest BCUT2D eigenvalue weighted by molar-refractivity contribution is 0.0839. The number of aromatic amines is 1. The fraction of sp³-hybridized carbons (Fsp3) is 0.0526.